The lowest BCUT2D eigenvalue weighted by atomic mass is 10.2. The second-order valence-corrected chi connectivity index (χ2v) is 9.38. The van der Waals surface area contributed by atoms with Gasteiger partial charge in [0.05, 0.1) is 22.6 Å². The first-order valence-electron chi connectivity index (χ1n) is 10.6. The van der Waals surface area contributed by atoms with Gasteiger partial charge in [-0.2, -0.15) is 5.10 Å². The molecule has 0 unspecified atom stereocenters. The topological polar surface area (TPSA) is 89.9 Å². The summed E-state index contributed by atoms with van der Waals surface area (Å²) in [5.41, 5.74) is 2.99. The lowest BCUT2D eigenvalue weighted by Crippen LogP contribution is -2.10. The summed E-state index contributed by atoms with van der Waals surface area (Å²) in [6.45, 7) is 3.76. The van der Waals surface area contributed by atoms with E-state index in [0.717, 1.165) is 21.8 Å². The van der Waals surface area contributed by atoms with E-state index in [2.05, 4.69) is 9.97 Å². The number of hydrogen-bond donors (Lipinski definition) is 1. The molecule has 0 saturated heterocycles. The van der Waals surface area contributed by atoms with Gasteiger partial charge in [0.2, 0.25) is 0 Å². The zero-order valence-electron chi connectivity index (χ0n) is 18.4. The molecule has 5 aromatic rings. The van der Waals surface area contributed by atoms with Crippen molar-refractivity contribution < 1.29 is 9.53 Å². The minimum Gasteiger partial charge on any atom is -0.462 e. The van der Waals surface area contributed by atoms with Gasteiger partial charge in [0, 0.05) is 11.8 Å². The van der Waals surface area contributed by atoms with E-state index in [0.29, 0.717) is 26.5 Å². The molecule has 1 N–H and O–H groups in total. The maximum absolute atomic E-state index is 12.8. The fraction of sp³-hybridized carbons (Fsp3) is 0.120. The van der Waals surface area contributed by atoms with E-state index in [1.807, 2.05) is 64.8 Å². The lowest BCUT2D eigenvalue weighted by molar-refractivity contribution is 0.0531. The minimum absolute atomic E-state index is 0.271. The predicted octanol–water partition coefficient (Wildman–Crippen LogP) is 5.55. The third kappa shape index (κ3) is 4.11. The number of H-pyrrole nitrogens is 1. The molecule has 0 aliphatic heterocycles. The van der Waals surface area contributed by atoms with Gasteiger partial charge in [-0.1, -0.05) is 24.3 Å². The van der Waals surface area contributed by atoms with Crippen LogP contribution in [0.4, 0.5) is 0 Å². The second kappa shape index (κ2) is 9.20. The molecule has 34 heavy (non-hydrogen) atoms. The highest BCUT2D eigenvalue weighted by Gasteiger charge is 2.20. The Bertz CT molecular complexity index is 1560. The molecule has 0 amide bonds. The van der Waals surface area contributed by atoms with Crippen LogP contribution in [-0.4, -0.2) is 32.3 Å². The highest BCUT2D eigenvalue weighted by atomic mass is 32.1. The van der Waals surface area contributed by atoms with Gasteiger partial charge in [0.25, 0.3) is 5.56 Å². The van der Waals surface area contributed by atoms with Crippen LogP contribution in [0.25, 0.3) is 38.6 Å². The normalized spacial score (nSPS) is 11.5. The average molecular weight is 489 g/mol. The summed E-state index contributed by atoms with van der Waals surface area (Å²) in [5.74, 6) is -0.0350. The predicted molar refractivity (Wildman–Crippen MR) is 137 cm³/mol. The van der Waals surface area contributed by atoms with Crippen LogP contribution in [0.2, 0.25) is 0 Å². The van der Waals surface area contributed by atoms with E-state index in [1.54, 1.807) is 31.3 Å². The van der Waals surface area contributed by atoms with Gasteiger partial charge >= 0.3 is 5.97 Å². The van der Waals surface area contributed by atoms with Gasteiger partial charge in [0.15, 0.2) is 0 Å². The van der Waals surface area contributed by atoms with Crippen molar-refractivity contribution in [3.8, 4) is 16.3 Å². The molecule has 9 heteroatoms. The number of hydrogen-bond acceptors (Lipinski definition) is 7. The number of nitrogens with zero attached hydrogens (tertiary/aromatic N) is 3. The Morgan fingerprint density at radius 3 is 2.74 bits per heavy atom. The zero-order valence-corrected chi connectivity index (χ0v) is 20.1. The largest absolute Gasteiger partial charge is 0.462 e. The number of thiophene rings is 2. The molecule has 0 aliphatic rings. The van der Waals surface area contributed by atoms with Crippen molar-refractivity contribution in [1.82, 2.24) is 19.7 Å². The molecule has 0 aliphatic carbocycles. The summed E-state index contributed by atoms with van der Waals surface area (Å²) >= 11 is 2.78. The molecule has 7 nitrogen and oxygen atoms in total. The highest BCUT2D eigenvalue weighted by Crippen LogP contribution is 2.30. The molecule has 0 fully saturated rings. The third-order valence-electron chi connectivity index (χ3n) is 5.22. The van der Waals surface area contributed by atoms with Crippen molar-refractivity contribution in [2.24, 2.45) is 0 Å². The Kier molecular flexibility index (Phi) is 5.95. The van der Waals surface area contributed by atoms with Crippen LogP contribution in [0.3, 0.4) is 0 Å². The number of nitrogens with one attached hydrogen (secondary N) is 1. The molecule has 4 aromatic heterocycles. The number of carbonyl (C=O) groups excluding carboxylic acids is 1. The minimum atomic E-state index is -0.437. The smallest absolute Gasteiger partial charge is 0.348 e. The zero-order chi connectivity index (χ0) is 23.7. The van der Waals surface area contributed by atoms with Gasteiger partial charge in [-0.25, -0.2) is 14.5 Å². The lowest BCUT2D eigenvalue weighted by Gasteiger charge is -1.99. The summed E-state index contributed by atoms with van der Waals surface area (Å²) in [7, 11) is 0. The monoisotopic (exact) mass is 488 g/mol. The summed E-state index contributed by atoms with van der Waals surface area (Å²) in [6.07, 6.45) is 5.59. The molecule has 5 rings (SSSR count). The molecule has 4 heterocycles. The SMILES string of the molecule is CCOC(=O)c1sc2nc(C=Cc3cn(-c4ccccc4)nc3-c3cccs3)[nH]c(=O)c2c1C. The van der Waals surface area contributed by atoms with Crippen molar-refractivity contribution in [2.75, 3.05) is 6.61 Å². The van der Waals surface area contributed by atoms with Crippen molar-refractivity contribution in [3.05, 3.63) is 86.2 Å². The van der Waals surface area contributed by atoms with Crippen LogP contribution in [0.15, 0.2) is 58.8 Å². The molecular weight excluding hydrogens is 468 g/mol. The van der Waals surface area contributed by atoms with E-state index in [4.69, 9.17) is 9.84 Å². The number of aromatic nitrogens is 4. The van der Waals surface area contributed by atoms with E-state index in [-0.39, 0.29) is 12.2 Å². The molecule has 0 radical (unpaired) electrons. The maximum Gasteiger partial charge on any atom is 0.348 e. The number of para-hydroxylation sites is 1. The Hall–Kier alpha value is -3.82. The first-order valence-corrected chi connectivity index (χ1v) is 12.3. The van der Waals surface area contributed by atoms with Crippen LogP contribution in [-0.2, 0) is 4.74 Å². The molecule has 170 valence electrons. The number of esters is 1. The first kappa shape index (κ1) is 22.0. The molecule has 1 aromatic carbocycles. The van der Waals surface area contributed by atoms with E-state index >= 15 is 0 Å². The van der Waals surface area contributed by atoms with Crippen molar-refractivity contribution in [2.45, 2.75) is 13.8 Å². The number of benzene rings is 1. The average Bonchev–Trinajstić information content (AvgIpc) is 3.57. The number of carbonyl (C=O) groups is 1. The Morgan fingerprint density at radius 2 is 2.00 bits per heavy atom. The van der Waals surface area contributed by atoms with Gasteiger partial charge in [-0.15, -0.1) is 22.7 Å². The molecule has 0 spiro atoms. The molecular formula is C25H20N4O3S2. The van der Waals surface area contributed by atoms with Crippen LogP contribution in [0, 0.1) is 6.92 Å². The number of aryl methyl sites for hydroxylation is 1. The Labute approximate surface area is 203 Å². The number of aromatic amines is 1. The van der Waals surface area contributed by atoms with E-state index in [9.17, 15) is 9.59 Å². The second-order valence-electron chi connectivity index (χ2n) is 7.43. The number of fused-ring (bicyclic) bond motifs is 1. The molecule has 0 atom stereocenters. The fourth-order valence-electron chi connectivity index (χ4n) is 3.63. The van der Waals surface area contributed by atoms with Crippen molar-refractivity contribution in [1.29, 1.82) is 0 Å². The fourth-order valence-corrected chi connectivity index (χ4v) is 5.44. The van der Waals surface area contributed by atoms with Gasteiger partial charge in [-0.3, -0.25) is 4.79 Å². The molecule has 0 bridgehead atoms. The van der Waals surface area contributed by atoms with Crippen molar-refractivity contribution in [3.63, 3.8) is 0 Å². The van der Waals surface area contributed by atoms with Gasteiger partial charge in [-0.05, 0) is 55.1 Å². The van der Waals surface area contributed by atoms with Crippen LogP contribution < -0.4 is 5.56 Å². The Balaban J connectivity index is 1.55. The van der Waals surface area contributed by atoms with Gasteiger partial charge < -0.3 is 9.72 Å². The summed E-state index contributed by atoms with van der Waals surface area (Å²) in [4.78, 5) is 34.4. The van der Waals surface area contributed by atoms with Gasteiger partial charge in [0.1, 0.15) is 21.2 Å². The Morgan fingerprint density at radius 1 is 1.18 bits per heavy atom. The summed E-state index contributed by atoms with van der Waals surface area (Å²) < 4.78 is 6.95. The maximum atomic E-state index is 12.8. The van der Waals surface area contributed by atoms with E-state index < -0.39 is 5.97 Å². The number of rotatable bonds is 6. The highest BCUT2D eigenvalue weighted by molar-refractivity contribution is 7.20. The third-order valence-corrected chi connectivity index (χ3v) is 7.26. The molecule has 0 saturated carbocycles. The van der Waals surface area contributed by atoms with Crippen molar-refractivity contribution >= 4 is 51.0 Å². The van der Waals surface area contributed by atoms with Crippen LogP contribution in [0.1, 0.15) is 33.5 Å². The van der Waals surface area contributed by atoms with E-state index in [1.165, 1.54) is 11.3 Å². The first-order chi connectivity index (χ1) is 16.5. The quantitative estimate of drug-likeness (QED) is 0.316. The summed E-state index contributed by atoms with van der Waals surface area (Å²) in [6, 6.07) is 13.9. The van der Waals surface area contributed by atoms with Crippen LogP contribution >= 0.6 is 22.7 Å². The summed E-state index contributed by atoms with van der Waals surface area (Å²) in [5, 5.41) is 7.22. The number of ether oxygens (including phenoxy) is 1. The van der Waals surface area contributed by atoms with Crippen LogP contribution in [0.5, 0.6) is 0 Å². The standard InChI is InChI=1S/C25H20N4O3S2/c1-3-32-25(31)22-15(2)20-23(30)26-19(27-24(20)34-22)12-11-16-14-29(17-8-5-4-6-9-17)28-21(16)18-10-7-13-33-18/h4-14H,3H2,1-2H3,(H,26,27,30).